The van der Waals surface area contributed by atoms with Crippen molar-refractivity contribution in [3.63, 3.8) is 0 Å². The van der Waals surface area contributed by atoms with Crippen molar-refractivity contribution in [2.75, 3.05) is 10.6 Å². The second-order valence-electron chi connectivity index (χ2n) is 8.04. The van der Waals surface area contributed by atoms with Crippen LogP contribution in [0.5, 0.6) is 11.8 Å². The number of H-pyrrole nitrogens is 1. The molecule has 0 radical (unpaired) electrons. The number of fused-ring (bicyclic) bond motifs is 1. The number of urea groups is 1. The fourth-order valence-electron chi connectivity index (χ4n) is 3.70. The summed E-state index contributed by atoms with van der Waals surface area (Å²) >= 11 is 12.2. The van der Waals surface area contributed by atoms with Crippen molar-refractivity contribution in [1.82, 2.24) is 19.5 Å². The highest BCUT2D eigenvalue weighted by molar-refractivity contribution is 6.39. The van der Waals surface area contributed by atoms with Gasteiger partial charge in [-0.2, -0.15) is 0 Å². The highest BCUT2D eigenvalue weighted by Gasteiger charge is 2.12. The number of nitrogens with zero attached hydrogens (tertiary/aromatic N) is 3. The average molecular weight is 549 g/mol. The Labute approximate surface area is 224 Å². The van der Waals surface area contributed by atoms with Crippen molar-refractivity contribution >= 4 is 51.5 Å². The number of aromatic amines is 1. The van der Waals surface area contributed by atoms with Gasteiger partial charge in [0.1, 0.15) is 5.75 Å². The van der Waals surface area contributed by atoms with Crippen LogP contribution >= 0.6 is 23.2 Å². The molecule has 0 aliphatic carbocycles. The van der Waals surface area contributed by atoms with Crippen LogP contribution in [0.25, 0.3) is 10.9 Å². The summed E-state index contributed by atoms with van der Waals surface area (Å²) in [6, 6.07) is 17.5. The molecule has 12 heteroatoms. The lowest BCUT2D eigenvalue weighted by molar-refractivity contribution is 0.262. The lowest BCUT2D eigenvalue weighted by atomic mass is 10.2. The van der Waals surface area contributed by atoms with Gasteiger partial charge in [-0.3, -0.25) is 9.36 Å². The largest absolute Gasteiger partial charge is 0.424 e. The van der Waals surface area contributed by atoms with E-state index >= 15 is 0 Å². The first-order valence-corrected chi connectivity index (χ1v) is 12.0. The van der Waals surface area contributed by atoms with Gasteiger partial charge in [0.2, 0.25) is 0 Å². The molecule has 2 heterocycles. The molecule has 2 aromatic heterocycles. The molecule has 0 aliphatic heterocycles. The molecule has 3 N–H and O–H groups in total. The van der Waals surface area contributed by atoms with E-state index in [1.807, 2.05) is 0 Å². The van der Waals surface area contributed by atoms with Gasteiger partial charge >= 0.3 is 17.7 Å². The highest BCUT2D eigenvalue weighted by atomic mass is 35.5. The van der Waals surface area contributed by atoms with E-state index in [0.717, 1.165) is 4.57 Å². The van der Waals surface area contributed by atoms with E-state index in [4.69, 9.17) is 27.9 Å². The van der Waals surface area contributed by atoms with E-state index in [0.29, 0.717) is 32.6 Å². The molecular weight excluding hydrogens is 531 g/mol. The molecular formula is C26H18Cl2N6O4. The molecule has 5 aromatic rings. The number of benzene rings is 3. The molecule has 0 unspecified atom stereocenters. The lowest BCUT2D eigenvalue weighted by Gasteiger charge is -2.12. The number of aromatic nitrogens is 4. The maximum atomic E-state index is 13.2. The molecule has 0 atom stereocenters. The van der Waals surface area contributed by atoms with Crippen LogP contribution in [-0.2, 0) is 6.54 Å². The number of hydrogen-bond acceptors (Lipinski definition) is 6. The summed E-state index contributed by atoms with van der Waals surface area (Å²) in [6.45, 7) is -0.0372. The normalized spacial score (nSPS) is 10.8. The number of nitrogens with one attached hydrogen (secondary N) is 3. The number of rotatable bonds is 6. The first-order chi connectivity index (χ1) is 18.4. The summed E-state index contributed by atoms with van der Waals surface area (Å²) in [5.41, 5.74) is 0.603. The lowest BCUT2D eigenvalue weighted by Crippen LogP contribution is -2.35. The molecule has 10 nitrogen and oxygen atoms in total. The van der Waals surface area contributed by atoms with E-state index in [2.05, 4.69) is 25.6 Å². The zero-order valence-electron chi connectivity index (χ0n) is 19.4. The van der Waals surface area contributed by atoms with Crippen LogP contribution in [0.3, 0.4) is 0 Å². The van der Waals surface area contributed by atoms with Crippen LogP contribution in [0.4, 0.5) is 16.2 Å². The number of carbonyl (C=O) groups is 1. The fraction of sp³-hybridized carbons (Fsp3) is 0.0385. The van der Waals surface area contributed by atoms with Crippen molar-refractivity contribution in [2.45, 2.75) is 6.54 Å². The molecule has 0 spiro atoms. The van der Waals surface area contributed by atoms with Crippen LogP contribution in [0.15, 0.2) is 88.7 Å². The molecule has 0 bridgehead atoms. The number of ether oxygens (including phenoxy) is 1. The molecule has 0 saturated carbocycles. The quantitative estimate of drug-likeness (QED) is 0.265. The summed E-state index contributed by atoms with van der Waals surface area (Å²) in [7, 11) is 0. The minimum absolute atomic E-state index is 0.0372. The first kappa shape index (κ1) is 25.0. The van der Waals surface area contributed by atoms with Crippen LogP contribution < -0.4 is 26.6 Å². The zero-order valence-corrected chi connectivity index (χ0v) is 21.0. The standard InChI is InChI=1S/C26H18Cl2N6O4/c27-19-6-2-7-20(28)22(19)33-24(36)31-16-5-1-4-15(12-16)14-34-23(35)18-13-17(8-9-21(18)32-26(34)37)38-25-29-10-3-11-30-25/h1-13H,14H2,(H,32,37)(H2,31,33,36). The van der Waals surface area contributed by atoms with Gasteiger partial charge in [0.25, 0.3) is 5.56 Å². The minimum atomic E-state index is -0.577. The summed E-state index contributed by atoms with van der Waals surface area (Å²) in [5, 5.41) is 6.14. The van der Waals surface area contributed by atoms with Crippen LogP contribution in [0.2, 0.25) is 10.0 Å². The second-order valence-corrected chi connectivity index (χ2v) is 8.85. The number of hydrogen-bond donors (Lipinski definition) is 3. The van der Waals surface area contributed by atoms with Crippen molar-refractivity contribution in [1.29, 1.82) is 0 Å². The third-order valence-electron chi connectivity index (χ3n) is 5.43. The van der Waals surface area contributed by atoms with Gasteiger partial charge in [-0.1, -0.05) is 41.4 Å². The molecule has 0 saturated heterocycles. The Morgan fingerprint density at radius 2 is 1.66 bits per heavy atom. The number of halogens is 2. The highest BCUT2D eigenvalue weighted by Crippen LogP contribution is 2.30. The van der Waals surface area contributed by atoms with E-state index in [-0.39, 0.29) is 23.6 Å². The molecule has 2 amide bonds. The zero-order chi connectivity index (χ0) is 26.6. The van der Waals surface area contributed by atoms with Crippen molar-refractivity contribution in [3.8, 4) is 11.8 Å². The van der Waals surface area contributed by atoms with Crippen LogP contribution in [0.1, 0.15) is 5.56 Å². The Balaban J connectivity index is 1.37. The maximum Gasteiger partial charge on any atom is 0.329 e. The maximum absolute atomic E-state index is 13.2. The Hall–Kier alpha value is -4.67. The predicted octanol–water partition coefficient (Wildman–Crippen LogP) is 5.27. The van der Waals surface area contributed by atoms with E-state index in [1.54, 1.807) is 60.7 Å². The van der Waals surface area contributed by atoms with Crippen molar-refractivity contribution in [2.24, 2.45) is 0 Å². The third-order valence-corrected chi connectivity index (χ3v) is 6.06. The molecule has 5 rings (SSSR count). The van der Waals surface area contributed by atoms with Gasteiger partial charge < -0.3 is 20.4 Å². The summed E-state index contributed by atoms with van der Waals surface area (Å²) in [5.74, 6) is 0.343. The Bertz CT molecular complexity index is 1750. The van der Waals surface area contributed by atoms with Gasteiger partial charge in [0.15, 0.2) is 0 Å². The molecule has 3 aromatic carbocycles. The van der Waals surface area contributed by atoms with Gasteiger partial charge in [-0.15, -0.1) is 0 Å². The second kappa shape index (κ2) is 10.8. The fourth-order valence-corrected chi connectivity index (χ4v) is 4.20. The summed E-state index contributed by atoms with van der Waals surface area (Å²) < 4.78 is 6.68. The molecule has 38 heavy (non-hydrogen) atoms. The Morgan fingerprint density at radius 1 is 0.921 bits per heavy atom. The molecule has 190 valence electrons. The predicted molar refractivity (Wildman–Crippen MR) is 146 cm³/mol. The van der Waals surface area contributed by atoms with Crippen molar-refractivity contribution < 1.29 is 9.53 Å². The topological polar surface area (TPSA) is 131 Å². The SMILES string of the molecule is O=C(Nc1cccc(Cn2c(=O)[nH]c3ccc(Oc4ncccn4)cc3c2=O)c1)Nc1c(Cl)cccc1Cl. The van der Waals surface area contributed by atoms with Crippen LogP contribution in [0, 0.1) is 0 Å². The van der Waals surface area contributed by atoms with Crippen LogP contribution in [-0.4, -0.2) is 25.6 Å². The van der Waals surface area contributed by atoms with Gasteiger partial charge in [0.05, 0.1) is 33.2 Å². The number of para-hydroxylation sites is 1. The number of carbonyl (C=O) groups excluding carboxylic acids is 1. The van der Waals surface area contributed by atoms with Gasteiger partial charge in [-0.25, -0.2) is 19.6 Å². The van der Waals surface area contributed by atoms with Gasteiger partial charge in [-0.05, 0) is 54.1 Å². The number of amides is 2. The van der Waals surface area contributed by atoms with Crippen molar-refractivity contribution in [3.05, 3.63) is 116 Å². The van der Waals surface area contributed by atoms with Gasteiger partial charge in [0, 0.05) is 18.1 Å². The average Bonchev–Trinajstić information content (AvgIpc) is 2.90. The first-order valence-electron chi connectivity index (χ1n) is 11.2. The summed E-state index contributed by atoms with van der Waals surface area (Å²) in [6.07, 6.45) is 3.07. The molecule has 0 fully saturated rings. The third kappa shape index (κ3) is 5.51. The smallest absolute Gasteiger partial charge is 0.329 e. The van der Waals surface area contributed by atoms with E-state index in [1.165, 1.54) is 18.5 Å². The van der Waals surface area contributed by atoms with E-state index in [9.17, 15) is 14.4 Å². The molecule has 0 aliphatic rings. The Kier molecular flexibility index (Phi) is 7.07. The van der Waals surface area contributed by atoms with E-state index < -0.39 is 17.3 Å². The summed E-state index contributed by atoms with van der Waals surface area (Å²) in [4.78, 5) is 49.2. The monoisotopic (exact) mass is 548 g/mol. The minimum Gasteiger partial charge on any atom is -0.424 e. The Morgan fingerprint density at radius 3 is 2.42 bits per heavy atom. The number of anilines is 2.